The summed E-state index contributed by atoms with van der Waals surface area (Å²) < 4.78 is 13.4. The highest BCUT2D eigenvalue weighted by Gasteiger charge is 2.42. The van der Waals surface area contributed by atoms with Crippen molar-refractivity contribution < 1.29 is 19.7 Å². The first kappa shape index (κ1) is 20.6. The second-order valence-electron chi connectivity index (χ2n) is 8.25. The highest BCUT2D eigenvalue weighted by atomic mass is 16.6. The van der Waals surface area contributed by atoms with Gasteiger partial charge in [-0.3, -0.25) is 0 Å². The van der Waals surface area contributed by atoms with Crippen LogP contribution in [0.3, 0.4) is 0 Å². The predicted molar refractivity (Wildman–Crippen MR) is 119 cm³/mol. The monoisotopic (exact) mass is 435 g/mol. The molecule has 2 aromatic heterocycles. The number of aryl methyl sites for hydroxylation is 1. The lowest BCUT2D eigenvalue weighted by atomic mass is 10.0. The molecule has 2 aliphatic heterocycles. The Morgan fingerprint density at radius 2 is 2.00 bits per heavy atom. The molecule has 2 aliphatic rings. The SMILES string of the molecule is Cc1ccc2c(c1C#Cc1cn([C@@H]3O[C@@H](C)[C@@H](O)[C@H]3O)c3ncnc(N)c13)OCCN2C. The Morgan fingerprint density at radius 1 is 1.19 bits per heavy atom. The Hall–Kier alpha value is -3.32. The minimum atomic E-state index is -1.11. The van der Waals surface area contributed by atoms with E-state index in [0.29, 0.717) is 23.2 Å². The van der Waals surface area contributed by atoms with Crippen LogP contribution in [0.1, 0.15) is 29.8 Å². The number of nitrogens with two attached hydrogens (primary N) is 1. The molecule has 5 rings (SSSR count). The Bertz CT molecular complexity index is 1260. The van der Waals surface area contributed by atoms with Crippen molar-refractivity contribution in [1.82, 2.24) is 14.5 Å². The van der Waals surface area contributed by atoms with Crippen LogP contribution in [0.4, 0.5) is 11.5 Å². The molecule has 1 fully saturated rings. The maximum Gasteiger partial charge on any atom is 0.164 e. The Morgan fingerprint density at radius 3 is 2.75 bits per heavy atom. The molecule has 9 heteroatoms. The lowest BCUT2D eigenvalue weighted by Crippen LogP contribution is -2.30. The van der Waals surface area contributed by atoms with Crippen LogP contribution >= 0.6 is 0 Å². The summed E-state index contributed by atoms with van der Waals surface area (Å²) in [6.45, 7) is 5.12. The summed E-state index contributed by atoms with van der Waals surface area (Å²) in [7, 11) is 2.03. The molecule has 0 spiro atoms. The third-order valence-corrected chi connectivity index (χ3v) is 6.14. The van der Waals surface area contributed by atoms with Gasteiger partial charge in [-0.05, 0) is 25.5 Å². The molecule has 0 bridgehead atoms. The molecule has 0 amide bonds. The minimum absolute atomic E-state index is 0.280. The molecule has 3 aromatic rings. The first-order chi connectivity index (χ1) is 15.4. The van der Waals surface area contributed by atoms with Gasteiger partial charge in [-0.1, -0.05) is 17.9 Å². The largest absolute Gasteiger partial charge is 0.488 e. The zero-order valence-electron chi connectivity index (χ0n) is 18.1. The molecule has 4 N–H and O–H groups in total. The summed E-state index contributed by atoms with van der Waals surface area (Å²) in [6, 6.07) is 4.07. The van der Waals surface area contributed by atoms with Gasteiger partial charge >= 0.3 is 0 Å². The molecule has 1 saturated heterocycles. The molecule has 0 saturated carbocycles. The third-order valence-electron chi connectivity index (χ3n) is 6.14. The predicted octanol–water partition coefficient (Wildman–Crippen LogP) is 1.19. The van der Waals surface area contributed by atoms with Crippen LogP contribution in [0.2, 0.25) is 0 Å². The second-order valence-corrected chi connectivity index (χ2v) is 8.25. The molecular weight excluding hydrogens is 410 g/mol. The van der Waals surface area contributed by atoms with Crippen molar-refractivity contribution in [3.8, 4) is 17.6 Å². The van der Waals surface area contributed by atoms with Crippen molar-refractivity contribution in [1.29, 1.82) is 0 Å². The number of ether oxygens (including phenoxy) is 2. The molecule has 4 heterocycles. The highest BCUT2D eigenvalue weighted by molar-refractivity contribution is 5.92. The zero-order chi connectivity index (χ0) is 22.6. The Labute approximate surface area is 185 Å². The number of nitrogens with zero attached hydrogens (tertiary/aromatic N) is 4. The smallest absolute Gasteiger partial charge is 0.164 e. The zero-order valence-corrected chi connectivity index (χ0v) is 18.1. The van der Waals surface area contributed by atoms with Gasteiger partial charge < -0.3 is 34.9 Å². The molecule has 0 radical (unpaired) electrons. The highest BCUT2D eigenvalue weighted by Crippen LogP contribution is 2.37. The van der Waals surface area contributed by atoms with Gasteiger partial charge in [0.05, 0.1) is 34.8 Å². The van der Waals surface area contributed by atoms with Crippen LogP contribution < -0.4 is 15.4 Å². The van der Waals surface area contributed by atoms with E-state index in [4.69, 9.17) is 15.2 Å². The van der Waals surface area contributed by atoms with Crippen LogP contribution in [-0.4, -0.2) is 63.3 Å². The number of anilines is 2. The molecule has 1 aromatic carbocycles. The van der Waals surface area contributed by atoms with Crippen molar-refractivity contribution in [3.05, 3.63) is 41.3 Å². The van der Waals surface area contributed by atoms with E-state index in [1.807, 2.05) is 26.1 Å². The number of benzene rings is 1. The van der Waals surface area contributed by atoms with Gasteiger partial charge in [0.1, 0.15) is 36.6 Å². The molecule has 9 nitrogen and oxygen atoms in total. The van der Waals surface area contributed by atoms with E-state index in [2.05, 4.69) is 26.7 Å². The Balaban J connectivity index is 1.64. The lowest BCUT2D eigenvalue weighted by molar-refractivity contribution is -0.0296. The van der Waals surface area contributed by atoms with Gasteiger partial charge in [0.2, 0.25) is 0 Å². The van der Waals surface area contributed by atoms with Gasteiger partial charge in [0.15, 0.2) is 12.0 Å². The fourth-order valence-corrected chi connectivity index (χ4v) is 4.26. The van der Waals surface area contributed by atoms with Crippen LogP contribution in [0.25, 0.3) is 11.0 Å². The number of rotatable bonds is 1. The normalized spacial score (nSPS) is 24.7. The molecular formula is C23H25N5O4. The van der Waals surface area contributed by atoms with E-state index >= 15 is 0 Å². The number of hydrogen-bond donors (Lipinski definition) is 3. The summed E-state index contributed by atoms with van der Waals surface area (Å²) in [5.41, 5.74) is 10.1. The topological polar surface area (TPSA) is 119 Å². The first-order valence-electron chi connectivity index (χ1n) is 10.5. The number of aromatic nitrogens is 3. The number of fused-ring (bicyclic) bond motifs is 2. The minimum Gasteiger partial charge on any atom is -0.488 e. The third kappa shape index (κ3) is 3.15. The van der Waals surface area contributed by atoms with E-state index in [9.17, 15) is 10.2 Å². The van der Waals surface area contributed by atoms with E-state index < -0.39 is 24.5 Å². The number of likely N-dealkylation sites (N-methyl/N-ethyl adjacent to an activating group) is 1. The van der Waals surface area contributed by atoms with E-state index in [0.717, 1.165) is 29.1 Å². The van der Waals surface area contributed by atoms with Crippen LogP contribution in [0, 0.1) is 18.8 Å². The van der Waals surface area contributed by atoms with Crippen LogP contribution in [0.15, 0.2) is 24.7 Å². The Kier molecular flexibility index (Phi) is 4.93. The van der Waals surface area contributed by atoms with Gasteiger partial charge in [-0.15, -0.1) is 0 Å². The molecule has 4 atom stereocenters. The molecule has 32 heavy (non-hydrogen) atoms. The van der Waals surface area contributed by atoms with E-state index in [-0.39, 0.29) is 5.82 Å². The first-order valence-corrected chi connectivity index (χ1v) is 10.5. The lowest BCUT2D eigenvalue weighted by Gasteiger charge is -2.28. The van der Waals surface area contributed by atoms with Crippen LogP contribution in [-0.2, 0) is 4.74 Å². The number of aliphatic hydroxyl groups excluding tert-OH is 2. The van der Waals surface area contributed by atoms with Crippen LogP contribution in [0.5, 0.6) is 5.75 Å². The summed E-state index contributed by atoms with van der Waals surface area (Å²) in [5.74, 6) is 7.50. The standard InChI is InChI=1S/C23H25N5O4/c1-12-4-7-16-20(31-9-8-27(16)3)15(12)6-5-14-10-28(22-17(14)21(24)25-11-26-22)23-19(30)18(29)13(2)32-23/h4,7,10-11,13,18-19,23,29-30H,8-9H2,1-3H3,(H2,24,25,26)/t13-,18+,19+,23+/m0/s1. The number of hydrogen-bond acceptors (Lipinski definition) is 8. The summed E-state index contributed by atoms with van der Waals surface area (Å²) >= 11 is 0. The van der Waals surface area contributed by atoms with Crippen molar-refractivity contribution in [2.75, 3.05) is 30.8 Å². The fourth-order valence-electron chi connectivity index (χ4n) is 4.26. The van der Waals surface area contributed by atoms with Gasteiger partial charge in [-0.25, -0.2) is 9.97 Å². The van der Waals surface area contributed by atoms with Crippen molar-refractivity contribution in [3.63, 3.8) is 0 Å². The number of aliphatic hydroxyl groups is 2. The fraction of sp³-hybridized carbons (Fsp3) is 0.391. The molecule has 0 aliphatic carbocycles. The summed E-state index contributed by atoms with van der Waals surface area (Å²) in [4.78, 5) is 10.6. The maximum atomic E-state index is 10.5. The van der Waals surface area contributed by atoms with E-state index in [1.54, 1.807) is 17.7 Å². The number of nitrogen functional groups attached to an aromatic ring is 1. The molecule has 166 valence electrons. The molecule has 0 unspecified atom stereocenters. The van der Waals surface area contributed by atoms with Crippen molar-refractivity contribution >= 4 is 22.5 Å². The maximum absolute atomic E-state index is 10.5. The van der Waals surface area contributed by atoms with E-state index in [1.165, 1.54) is 6.33 Å². The quantitative estimate of drug-likeness (QED) is 0.488. The van der Waals surface area contributed by atoms with Gasteiger partial charge in [-0.2, -0.15) is 0 Å². The van der Waals surface area contributed by atoms with Gasteiger partial charge in [0.25, 0.3) is 0 Å². The second kappa shape index (κ2) is 7.67. The summed E-state index contributed by atoms with van der Waals surface area (Å²) in [5, 5.41) is 21.2. The van der Waals surface area contributed by atoms with Crippen molar-refractivity contribution in [2.24, 2.45) is 0 Å². The summed E-state index contributed by atoms with van der Waals surface area (Å²) in [6.07, 6.45) is -0.347. The average molecular weight is 435 g/mol. The average Bonchev–Trinajstić information content (AvgIpc) is 3.26. The van der Waals surface area contributed by atoms with Gasteiger partial charge in [0, 0.05) is 13.2 Å². The van der Waals surface area contributed by atoms with Crippen molar-refractivity contribution in [2.45, 2.75) is 38.4 Å².